The zero-order chi connectivity index (χ0) is 24.4. The lowest BCUT2D eigenvalue weighted by molar-refractivity contribution is -0.116. The molecule has 1 aliphatic rings. The highest BCUT2D eigenvalue weighted by Crippen LogP contribution is 2.40. The van der Waals surface area contributed by atoms with Gasteiger partial charge in [-0.05, 0) is 66.8 Å². The summed E-state index contributed by atoms with van der Waals surface area (Å²) in [7, 11) is 0. The number of para-hydroxylation sites is 1. The fraction of sp³-hybridized carbons (Fsp3) is 0.115. The van der Waals surface area contributed by atoms with Crippen molar-refractivity contribution < 1.29 is 9.21 Å². The first-order chi connectivity index (χ1) is 17.0. The molecule has 6 nitrogen and oxygen atoms in total. The van der Waals surface area contributed by atoms with E-state index < -0.39 is 6.04 Å². The molecule has 0 bridgehead atoms. The van der Waals surface area contributed by atoms with Gasteiger partial charge < -0.3 is 20.0 Å². The van der Waals surface area contributed by atoms with Gasteiger partial charge in [0.15, 0.2) is 5.11 Å². The smallest absolute Gasteiger partial charge is 0.244 e. The molecule has 0 saturated carbocycles. The van der Waals surface area contributed by atoms with Gasteiger partial charge in [0.25, 0.3) is 0 Å². The van der Waals surface area contributed by atoms with E-state index in [-0.39, 0.29) is 18.5 Å². The highest BCUT2D eigenvalue weighted by Gasteiger charge is 2.42. The molecule has 1 saturated heterocycles. The number of benzene rings is 2. The van der Waals surface area contributed by atoms with Gasteiger partial charge in [-0.25, -0.2) is 0 Å². The Kier molecular flexibility index (Phi) is 6.72. The number of anilines is 1. The number of rotatable bonds is 6. The third kappa shape index (κ3) is 5.03. The van der Waals surface area contributed by atoms with E-state index >= 15 is 0 Å². The molecule has 0 aliphatic carbocycles. The summed E-state index contributed by atoms with van der Waals surface area (Å²) in [6.45, 7) is 0.0392. The topological polar surface area (TPSA) is 70.4 Å². The molecule has 1 fully saturated rings. The van der Waals surface area contributed by atoms with Gasteiger partial charge in [0.2, 0.25) is 5.91 Å². The van der Waals surface area contributed by atoms with Gasteiger partial charge in [-0.1, -0.05) is 47.5 Å². The number of carbonyl (C=O) groups excluding carboxylic acids is 1. The fourth-order valence-corrected chi connectivity index (χ4v) is 4.68. The maximum atomic E-state index is 12.9. The van der Waals surface area contributed by atoms with Crippen LogP contribution in [0.4, 0.5) is 5.69 Å². The van der Waals surface area contributed by atoms with Crippen molar-refractivity contribution in [3.8, 4) is 11.3 Å². The molecule has 2 aromatic heterocycles. The van der Waals surface area contributed by atoms with E-state index in [1.807, 2.05) is 71.6 Å². The number of carbonyl (C=O) groups is 1. The number of amides is 1. The number of pyridine rings is 1. The van der Waals surface area contributed by atoms with Gasteiger partial charge in [0, 0.05) is 17.4 Å². The first kappa shape index (κ1) is 23.4. The molecule has 1 aliphatic heterocycles. The first-order valence-corrected chi connectivity index (χ1v) is 12.0. The predicted octanol–water partition coefficient (Wildman–Crippen LogP) is 6.26. The van der Waals surface area contributed by atoms with Crippen LogP contribution in [0.2, 0.25) is 10.0 Å². The van der Waals surface area contributed by atoms with Crippen molar-refractivity contribution in [3.05, 3.63) is 107 Å². The van der Waals surface area contributed by atoms with Crippen molar-refractivity contribution in [2.24, 2.45) is 0 Å². The minimum atomic E-state index is -0.393. The molecule has 2 atom stereocenters. The highest BCUT2D eigenvalue weighted by atomic mass is 35.5. The third-order valence-electron chi connectivity index (χ3n) is 5.69. The Labute approximate surface area is 217 Å². The molecular weight excluding hydrogens is 503 g/mol. The summed E-state index contributed by atoms with van der Waals surface area (Å²) < 4.78 is 6.28. The second-order valence-electron chi connectivity index (χ2n) is 8.00. The lowest BCUT2D eigenvalue weighted by atomic mass is 10.0. The van der Waals surface area contributed by atoms with Crippen LogP contribution in [0.3, 0.4) is 0 Å². The highest BCUT2D eigenvalue weighted by molar-refractivity contribution is 7.80. The zero-order valence-corrected chi connectivity index (χ0v) is 20.6. The van der Waals surface area contributed by atoms with Crippen LogP contribution in [0.25, 0.3) is 11.3 Å². The Hall–Kier alpha value is -3.39. The van der Waals surface area contributed by atoms with Crippen LogP contribution in [0.15, 0.2) is 89.5 Å². The number of nitrogens with one attached hydrogen (secondary N) is 2. The SMILES string of the molecule is O=C(CN1C(=S)N[C@@H](c2ccccn2)[C@H]1c1ccc(-c2ccc(Cl)c(Cl)c2)o1)Nc1ccccc1. The van der Waals surface area contributed by atoms with E-state index in [0.717, 1.165) is 11.3 Å². The molecule has 0 radical (unpaired) electrons. The average molecular weight is 523 g/mol. The summed E-state index contributed by atoms with van der Waals surface area (Å²) in [4.78, 5) is 19.3. The number of thiocarbonyl (C=S) groups is 1. The van der Waals surface area contributed by atoms with Crippen molar-refractivity contribution >= 4 is 52.1 Å². The summed E-state index contributed by atoms with van der Waals surface area (Å²) in [5.41, 5.74) is 2.30. The van der Waals surface area contributed by atoms with Gasteiger partial charge in [-0.2, -0.15) is 0 Å². The zero-order valence-electron chi connectivity index (χ0n) is 18.3. The Bertz CT molecular complexity index is 1360. The van der Waals surface area contributed by atoms with Gasteiger partial charge in [-0.3, -0.25) is 9.78 Å². The molecule has 5 rings (SSSR count). The Morgan fingerprint density at radius 3 is 2.57 bits per heavy atom. The lowest BCUT2D eigenvalue weighted by Crippen LogP contribution is -2.36. The molecule has 9 heteroatoms. The maximum absolute atomic E-state index is 12.9. The Balaban J connectivity index is 1.47. The number of aromatic nitrogens is 1. The summed E-state index contributed by atoms with van der Waals surface area (Å²) >= 11 is 17.9. The first-order valence-electron chi connectivity index (χ1n) is 10.9. The summed E-state index contributed by atoms with van der Waals surface area (Å²) in [6.07, 6.45) is 1.73. The molecule has 2 aromatic carbocycles. The van der Waals surface area contributed by atoms with Crippen molar-refractivity contribution in [1.82, 2.24) is 15.2 Å². The normalized spacial score (nSPS) is 17.3. The van der Waals surface area contributed by atoms with Crippen molar-refractivity contribution in [2.75, 3.05) is 11.9 Å². The Morgan fingerprint density at radius 1 is 1.03 bits per heavy atom. The van der Waals surface area contributed by atoms with E-state index in [0.29, 0.717) is 32.4 Å². The van der Waals surface area contributed by atoms with Crippen LogP contribution in [0.1, 0.15) is 23.5 Å². The molecule has 176 valence electrons. The van der Waals surface area contributed by atoms with Gasteiger partial charge >= 0.3 is 0 Å². The predicted molar refractivity (Wildman–Crippen MR) is 141 cm³/mol. The molecule has 1 amide bonds. The van der Waals surface area contributed by atoms with E-state index in [1.54, 1.807) is 18.3 Å². The standard InChI is InChI=1S/C26H20Cl2N4O2S/c27-18-10-9-16(14-19(18)28)21-11-12-22(34-21)25-24(20-8-4-5-13-29-20)31-26(35)32(25)15-23(33)30-17-6-2-1-3-7-17/h1-14,24-25H,15H2,(H,30,33)(H,31,35)/t24-,25+/m0/s1. The van der Waals surface area contributed by atoms with Crippen LogP contribution in [0.5, 0.6) is 0 Å². The molecule has 3 heterocycles. The third-order valence-corrected chi connectivity index (χ3v) is 6.78. The van der Waals surface area contributed by atoms with E-state index in [4.69, 9.17) is 39.8 Å². The second-order valence-corrected chi connectivity index (χ2v) is 9.20. The van der Waals surface area contributed by atoms with E-state index in [1.165, 1.54) is 0 Å². The monoisotopic (exact) mass is 522 g/mol. The van der Waals surface area contributed by atoms with Crippen molar-refractivity contribution in [1.29, 1.82) is 0 Å². The number of hydrogen-bond donors (Lipinski definition) is 2. The quantitative estimate of drug-likeness (QED) is 0.291. The summed E-state index contributed by atoms with van der Waals surface area (Å²) in [5.74, 6) is 1.08. The van der Waals surface area contributed by atoms with Gasteiger partial charge in [0.05, 0.1) is 21.8 Å². The van der Waals surface area contributed by atoms with Crippen molar-refractivity contribution in [3.63, 3.8) is 0 Å². The van der Waals surface area contributed by atoms with Crippen LogP contribution in [-0.2, 0) is 4.79 Å². The lowest BCUT2D eigenvalue weighted by Gasteiger charge is -2.25. The number of nitrogens with zero attached hydrogens (tertiary/aromatic N) is 2. The van der Waals surface area contributed by atoms with Gasteiger partial charge in [0.1, 0.15) is 24.1 Å². The van der Waals surface area contributed by atoms with E-state index in [9.17, 15) is 4.79 Å². The van der Waals surface area contributed by atoms with Crippen LogP contribution in [0, 0.1) is 0 Å². The number of halogens is 2. The minimum Gasteiger partial charge on any atom is -0.459 e. The number of furan rings is 1. The summed E-state index contributed by atoms with van der Waals surface area (Å²) in [6, 6.07) is 23.4. The van der Waals surface area contributed by atoms with Crippen LogP contribution in [-0.4, -0.2) is 27.4 Å². The molecular formula is C26H20Cl2N4O2S. The average Bonchev–Trinajstić information content (AvgIpc) is 3.47. The van der Waals surface area contributed by atoms with Gasteiger partial charge in [-0.15, -0.1) is 0 Å². The molecule has 0 spiro atoms. The van der Waals surface area contributed by atoms with Crippen LogP contribution >= 0.6 is 35.4 Å². The molecule has 0 unspecified atom stereocenters. The Morgan fingerprint density at radius 2 is 1.83 bits per heavy atom. The van der Waals surface area contributed by atoms with E-state index in [2.05, 4.69) is 15.6 Å². The van der Waals surface area contributed by atoms with Crippen molar-refractivity contribution in [2.45, 2.75) is 12.1 Å². The van der Waals surface area contributed by atoms with Crippen LogP contribution < -0.4 is 10.6 Å². The maximum Gasteiger partial charge on any atom is 0.244 e. The summed E-state index contributed by atoms with van der Waals surface area (Å²) in [5, 5.41) is 7.59. The minimum absolute atomic E-state index is 0.0392. The second kappa shape index (κ2) is 10.1. The number of hydrogen-bond acceptors (Lipinski definition) is 4. The molecule has 35 heavy (non-hydrogen) atoms. The fourth-order valence-electron chi connectivity index (χ4n) is 4.08. The molecule has 4 aromatic rings. The largest absolute Gasteiger partial charge is 0.459 e. The molecule has 2 N–H and O–H groups in total.